The highest BCUT2D eigenvalue weighted by Gasteiger charge is 2.05. The summed E-state index contributed by atoms with van der Waals surface area (Å²) in [5, 5.41) is 11.3. The Morgan fingerprint density at radius 1 is 1.37 bits per heavy atom. The molecule has 8 heteroatoms. The zero-order chi connectivity index (χ0) is 13.0. The highest BCUT2D eigenvalue weighted by Crippen LogP contribution is 2.02. The average Bonchev–Trinajstić information content (AvgIpc) is 2.88. The van der Waals surface area contributed by atoms with Crippen molar-refractivity contribution >= 4 is 12.4 Å². The molecule has 1 N–H and O–H groups in total. The summed E-state index contributed by atoms with van der Waals surface area (Å²) in [7, 11) is 1.86. The van der Waals surface area contributed by atoms with Crippen molar-refractivity contribution in [3.8, 4) is 0 Å². The van der Waals surface area contributed by atoms with Crippen molar-refractivity contribution in [3.05, 3.63) is 35.9 Å². The van der Waals surface area contributed by atoms with Gasteiger partial charge in [-0.3, -0.25) is 9.36 Å². The van der Waals surface area contributed by atoms with Crippen molar-refractivity contribution in [2.45, 2.75) is 26.1 Å². The van der Waals surface area contributed by atoms with E-state index in [0.717, 1.165) is 11.3 Å². The molecule has 0 atom stereocenters. The van der Waals surface area contributed by atoms with E-state index in [2.05, 4.69) is 15.5 Å². The Morgan fingerprint density at radius 2 is 2.16 bits per heavy atom. The molecule has 0 radical (unpaired) electrons. The second-order valence-electron chi connectivity index (χ2n) is 4.05. The Hall–Kier alpha value is -1.47. The van der Waals surface area contributed by atoms with Crippen LogP contribution in [-0.4, -0.2) is 26.0 Å². The molecule has 0 bridgehead atoms. The molecule has 0 fully saturated rings. The van der Waals surface area contributed by atoms with Crippen molar-refractivity contribution in [1.29, 1.82) is 0 Å². The first-order valence-electron chi connectivity index (χ1n) is 5.62. The predicted octanol–water partition coefficient (Wildman–Crippen LogP) is 1.59. The van der Waals surface area contributed by atoms with Gasteiger partial charge in [0.05, 0.1) is 11.9 Å². The van der Waals surface area contributed by atoms with Crippen LogP contribution in [0.3, 0.4) is 0 Å². The van der Waals surface area contributed by atoms with E-state index in [1.807, 2.05) is 19.3 Å². The molecule has 0 aliphatic carbocycles. The van der Waals surface area contributed by atoms with E-state index in [-0.39, 0.29) is 19.0 Å². The maximum Gasteiger partial charge on any atom is 0.257 e. The van der Waals surface area contributed by atoms with Crippen LogP contribution in [0, 0.1) is 0 Å². The standard InChI is InChI=1S/C11H15F2N5.ClH/c1-17-3-2-10(16-17)6-14-4-9-5-15-18(7-9)8-11(12)13;/h2-3,5,7,11,14H,4,6,8H2,1H3;1H. The third kappa shape index (κ3) is 4.96. The topological polar surface area (TPSA) is 47.7 Å². The summed E-state index contributed by atoms with van der Waals surface area (Å²) in [4.78, 5) is 0. The van der Waals surface area contributed by atoms with Crippen LogP contribution in [0.25, 0.3) is 0 Å². The van der Waals surface area contributed by atoms with E-state index in [1.165, 1.54) is 4.68 Å². The molecule has 19 heavy (non-hydrogen) atoms. The van der Waals surface area contributed by atoms with Crippen LogP contribution in [0.2, 0.25) is 0 Å². The van der Waals surface area contributed by atoms with Crippen molar-refractivity contribution in [3.63, 3.8) is 0 Å². The summed E-state index contributed by atoms with van der Waals surface area (Å²) < 4.78 is 27.2. The first-order valence-corrected chi connectivity index (χ1v) is 5.62. The molecule has 2 heterocycles. The van der Waals surface area contributed by atoms with Crippen molar-refractivity contribution in [2.24, 2.45) is 7.05 Å². The fraction of sp³-hybridized carbons (Fsp3) is 0.455. The smallest absolute Gasteiger partial charge is 0.257 e. The molecule has 0 saturated heterocycles. The lowest BCUT2D eigenvalue weighted by atomic mass is 10.3. The van der Waals surface area contributed by atoms with Gasteiger partial charge < -0.3 is 5.32 Å². The molecule has 2 aromatic heterocycles. The summed E-state index contributed by atoms with van der Waals surface area (Å²) in [6.07, 6.45) is 2.71. The number of halogens is 3. The van der Waals surface area contributed by atoms with Crippen LogP contribution >= 0.6 is 12.4 Å². The third-order valence-electron chi connectivity index (χ3n) is 2.42. The monoisotopic (exact) mass is 291 g/mol. The number of nitrogens with one attached hydrogen (secondary N) is 1. The maximum atomic E-state index is 12.1. The summed E-state index contributed by atoms with van der Waals surface area (Å²) >= 11 is 0. The molecule has 0 aromatic carbocycles. The third-order valence-corrected chi connectivity index (χ3v) is 2.42. The fourth-order valence-corrected chi connectivity index (χ4v) is 1.63. The van der Waals surface area contributed by atoms with E-state index < -0.39 is 6.43 Å². The number of hydrogen-bond acceptors (Lipinski definition) is 3. The first-order chi connectivity index (χ1) is 8.63. The van der Waals surface area contributed by atoms with Crippen LogP contribution in [0.5, 0.6) is 0 Å². The molecular weight excluding hydrogens is 276 g/mol. The normalized spacial score (nSPS) is 10.7. The fourth-order valence-electron chi connectivity index (χ4n) is 1.63. The minimum Gasteiger partial charge on any atom is -0.307 e. The van der Waals surface area contributed by atoms with Crippen LogP contribution in [0.1, 0.15) is 11.3 Å². The zero-order valence-electron chi connectivity index (χ0n) is 10.5. The highest BCUT2D eigenvalue weighted by atomic mass is 35.5. The van der Waals surface area contributed by atoms with E-state index in [0.29, 0.717) is 13.1 Å². The maximum absolute atomic E-state index is 12.1. The lowest BCUT2D eigenvalue weighted by Crippen LogP contribution is -2.13. The van der Waals surface area contributed by atoms with Gasteiger partial charge in [0.1, 0.15) is 6.54 Å². The zero-order valence-corrected chi connectivity index (χ0v) is 11.3. The van der Waals surface area contributed by atoms with Gasteiger partial charge in [-0.05, 0) is 6.07 Å². The van der Waals surface area contributed by atoms with E-state index >= 15 is 0 Å². The SMILES string of the molecule is Cl.Cn1ccc(CNCc2cnn(CC(F)F)c2)n1. The molecule has 106 valence electrons. The molecule has 0 unspecified atom stereocenters. The average molecular weight is 292 g/mol. The molecule has 2 aromatic rings. The Balaban J connectivity index is 0.00000180. The van der Waals surface area contributed by atoms with Crippen LogP contribution in [-0.2, 0) is 26.7 Å². The predicted molar refractivity (Wildman–Crippen MR) is 69.2 cm³/mol. The van der Waals surface area contributed by atoms with Gasteiger partial charge in [-0.15, -0.1) is 12.4 Å². The number of alkyl halides is 2. The van der Waals surface area contributed by atoms with Crippen molar-refractivity contribution in [2.75, 3.05) is 0 Å². The van der Waals surface area contributed by atoms with Gasteiger partial charge in [0.15, 0.2) is 0 Å². The Bertz CT molecular complexity index is 497. The summed E-state index contributed by atoms with van der Waals surface area (Å²) in [6.45, 7) is 0.862. The van der Waals surface area contributed by atoms with E-state index in [1.54, 1.807) is 17.1 Å². The Morgan fingerprint density at radius 3 is 2.79 bits per heavy atom. The van der Waals surface area contributed by atoms with E-state index in [4.69, 9.17) is 0 Å². The molecule has 0 aliphatic heterocycles. The van der Waals surface area contributed by atoms with Gasteiger partial charge >= 0.3 is 0 Å². The Labute approximate surface area is 116 Å². The molecular formula is C11H16ClF2N5. The van der Waals surface area contributed by atoms with Crippen molar-refractivity contribution < 1.29 is 8.78 Å². The highest BCUT2D eigenvalue weighted by molar-refractivity contribution is 5.85. The number of hydrogen-bond donors (Lipinski definition) is 1. The molecule has 0 saturated carbocycles. The second-order valence-corrected chi connectivity index (χ2v) is 4.05. The largest absolute Gasteiger partial charge is 0.307 e. The number of aromatic nitrogens is 4. The minimum absolute atomic E-state index is 0. The van der Waals surface area contributed by atoms with Crippen molar-refractivity contribution in [1.82, 2.24) is 24.9 Å². The van der Waals surface area contributed by atoms with Gasteiger partial charge in [-0.25, -0.2) is 8.78 Å². The quantitative estimate of drug-likeness (QED) is 0.879. The van der Waals surface area contributed by atoms with Gasteiger partial charge in [0.25, 0.3) is 6.43 Å². The molecule has 5 nitrogen and oxygen atoms in total. The van der Waals surface area contributed by atoms with Gasteiger partial charge in [0, 0.05) is 38.1 Å². The van der Waals surface area contributed by atoms with Gasteiger partial charge in [-0.2, -0.15) is 10.2 Å². The van der Waals surface area contributed by atoms with Crippen LogP contribution in [0.15, 0.2) is 24.7 Å². The van der Waals surface area contributed by atoms with Crippen LogP contribution < -0.4 is 5.32 Å². The van der Waals surface area contributed by atoms with Gasteiger partial charge in [0.2, 0.25) is 0 Å². The molecule has 0 spiro atoms. The summed E-state index contributed by atoms with van der Waals surface area (Å²) in [6, 6.07) is 1.92. The molecule has 0 aliphatic rings. The first kappa shape index (κ1) is 15.6. The minimum atomic E-state index is -2.38. The summed E-state index contributed by atoms with van der Waals surface area (Å²) in [5.41, 5.74) is 1.82. The lowest BCUT2D eigenvalue weighted by Gasteiger charge is -2.00. The Kier molecular flexibility index (Phi) is 5.91. The number of rotatable bonds is 6. The van der Waals surface area contributed by atoms with E-state index in [9.17, 15) is 8.78 Å². The molecule has 2 rings (SSSR count). The summed E-state index contributed by atoms with van der Waals surface area (Å²) in [5.74, 6) is 0. The molecule has 0 amide bonds. The second kappa shape index (κ2) is 7.20. The number of nitrogens with zero attached hydrogens (tertiary/aromatic N) is 4. The van der Waals surface area contributed by atoms with Gasteiger partial charge in [-0.1, -0.05) is 0 Å². The lowest BCUT2D eigenvalue weighted by molar-refractivity contribution is 0.122. The number of aryl methyl sites for hydroxylation is 1. The van der Waals surface area contributed by atoms with Crippen LogP contribution in [0.4, 0.5) is 8.78 Å².